The van der Waals surface area contributed by atoms with E-state index in [0.29, 0.717) is 18.8 Å². The van der Waals surface area contributed by atoms with Crippen molar-refractivity contribution in [2.24, 2.45) is 0 Å². The number of hydrogen-bond donors (Lipinski definition) is 0. The monoisotopic (exact) mass is 326 g/mol. The van der Waals surface area contributed by atoms with E-state index in [-0.39, 0.29) is 5.03 Å². The van der Waals surface area contributed by atoms with Crippen molar-refractivity contribution in [2.75, 3.05) is 0 Å². The molecule has 0 atom stereocenters. The topological polar surface area (TPSA) is 52.0 Å². The standard InChI is InChI=1S/C15H19ClN2O2S/c1-5-14-17-15(21(16,19)20)9-18(14)8-13-11(3)6-10(2)7-12(13)4/h6-7,9H,5,8H2,1-4H3. The van der Waals surface area contributed by atoms with Gasteiger partial charge in [0.1, 0.15) is 5.82 Å². The Bertz CT molecular complexity index is 756. The van der Waals surface area contributed by atoms with Crippen molar-refractivity contribution < 1.29 is 8.42 Å². The Morgan fingerprint density at radius 2 is 1.76 bits per heavy atom. The van der Waals surface area contributed by atoms with Crippen LogP contribution in [0.15, 0.2) is 23.4 Å². The van der Waals surface area contributed by atoms with E-state index in [0.717, 1.165) is 0 Å². The molecule has 2 rings (SSSR count). The summed E-state index contributed by atoms with van der Waals surface area (Å²) in [6, 6.07) is 4.26. The van der Waals surface area contributed by atoms with Gasteiger partial charge < -0.3 is 4.57 Å². The van der Waals surface area contributed by atoms with Gasteiger partial charge in [-0.2, -0.15) is 0 Å². The minimum atomic E-state index is -3.79. The Kier molecular flexibility index (Phi) is 4.44. The molecule has 1 heterocycles. The zero-order chi connectivity index (χ0) is 15.8. The number of aromatic nitrogens is 2. The molecule has 4 nitrogen and oxygen atoms in total. The van der Waals surface area contributed by atoms with Crippen LogP contribution >= 0.6 is 10.7 Å². The van der Waals surface area contributed by atoms with Crippen molar-refractivity contribution in [3.8, 4) is 0 Å². The minimum absolute atomic E-state index is 0.0802. The van der Waals surface area contributed by atoms with Gasteiger partial charge in [-0.25, -0.2) is 13.4 Å². The number of benzene rings is 1. The van der Waals surface area contributed by atoms with Crippen LogP contribution in [0.3, 0.4) is 0 Å². The second-order valence-electron chi connectivity index (χ2n) is 5.29. The van der Waals surface area contributed by atoms with Gasteiger partial charge >= 0.3 is 0 Å². The van der Waals surface area contributed by atoms with Crippen molar-refractivity contribution >= 4 is 19.7 Å². The average Bonchev–Trinajstić information content (AvgIpc) is 2.76. The van der Waals surface area contributed by atoms with Crippen LogP contribution in [0, 0.1) is 20.8 Å². The SMILES string of the molecule is CCc1nc(S(=O)(=O)Cl)cn1Cc1c(C)cc(C)cc1C. The molecule has 0 aliphatic rings. The molecule has 0 aliphatic heterocycles. The molecule has 0 unspecified atom stereocenters. The molecule has 1 aromatic heterocycles. The van der Waals surface area contributed by atoms with Gasteiger partial charge in [-0.1, -0.05) is 24.6 Å². The second kappa shape index (κ2) is 5.81. The third kappa shape index (κ3) is 3.47. The maximum Gasteiger partial charge on any atom is 0.280 e. The van der Waals surface area contributed by atoms with E-state index in [2.05, 4.69) is 37.9 Å². The zero-order valence-corrected chi connectivity index (χ0v) is 14.2. The summed E-state index contributed by atoms with van der Waals surface area (Å²) in [6.45, 7) is 8.74. The highest BCUT2D eigenvalue weighted by Crippen LogP contribution is 2.21. The lowest BCUT2D eigenvalue weighted by atomic mass is 10.00. The number of rotatable bonds is 4. The van der Waals surface area contributed by atoms with Gasteiger partial charge in [0, 0.05) is 29.8 Å². The molecule has 0 fully saturated rings. The highest BCUT2D eigenvalue weighted by molar-refractivity contribution is 8.13. The van der Waals surface area contributed by atoms with Crippen LogP contribution < -0.4 is 0 Å². The smallest absolute Gasteiger partial charge is 0.280 e. The highest BCUT2D eigenvalue weighted by Gasteiger charge is 2.18. The first kappa shape index (κ1) is 16.0. The van der Waals surface area contributed by atoms with Gasteiger partial charge in [0.2, 0.25) is 0 Å². The normalized spacial score (nSPS) is 11.9. The molecule has 0 N–H and O–H groups in total. The van der Waals surface area contributed by atoms with Crippen LogP contribution in [0.5, 0.6) is 0 Å². The number of halogens is 1. The maximum atomic E-state index is 11.4. The summed E-state index contributed by atoms with van der Waals surface area (Å²) in [7, 11) is 1.59. The molecule has 114 valence electrons. The van der Waals surface area contributed by atoms with Gasteiger partial charge in [-0.15, -0.1) is 0 Å². The van der Waals surface area contributed by atoms with E-state index < -0.39 is 9.05 Å². The van der Waals surface area contributed by atoms with Gasteiger partial charge in [0.05, 0.1) is 0 Å². The predicted molar refractivity (Wildman–Crippen MR) is 84.4 cm³/mol. The van der Waals surface area contributed by atoms with Crippen LogP contribution in [0.1, 0.15) is 35.0 Å². The molecule has 1 aromatic carbocycles. The summed E-state index contributed by atoms with van der Waals surface area (Å²) >= 11 is 0. The Morgan fingerprint density at radius 3 is 2.24 bits per heavy atom. The molecular weight excluding hydrogens is 308 g/mol. The molecule has 0 radical (unpaired) electrons. The average molecular weight is 327 g/mol. The van der Waals surface area contributed by atoms with Crippen molar-refractivity contribution in [1.82, 2.24) is 9.55 Å². The molecule has 0 saturated carbocycles. The van der Waals surface area contributed by atoms with Crippen LogP contribution in [0.25, 0.3) is 0 Å². The van der Waals surface area contributed by atoms with Crippen molar-refractivity contribution in [2.45, 2.75) is 45.7 Å². The lowest BCUT2D eigenvalue weighted by molar-refractivity contribution is 0.606. The zero-order valence-electron chi connectivity index (χ0n) is 12.6. The molecule has 21 heavy (non-hydrogen) atoms. The van der Waals surface area contributed by atoms with Crippen molar-refractivity contribution in [3.05, 3.63) is 46.4 Å². The van der Waals surface area contributed by atoms with E-state index in [9.17, 15) is 8.42 Å². The van der Waals surface area contributed by atoms with Gasteiger partial charge in [0.15, 0.2) is 5.03 Å². The summed E-state index contributed by atoms with van der Waals surface area (Å²) in [5, 5.41) is -0.0802. The lowest BCUT2D eigenvalue weighted by Gasteiger charge is -2.13. The third-order valence-electron chi connectivity index (χ3n) is 3.57. The molecule has 0 spiro atoms. The Morgan fingerprint density at radius 1 is 1.19 bits per heavy atom. The minimum Gasteiger partial charge on any atom is -0.329 e. The van der Waals surface area contributed by atoms with Crippen molar-refractivity contribution in [1.29, 1.82) is 0 Å². The van der Waals surface area contributed by atoms with E-state index in [1.165, 1.54) is 28.5 Å². The van der Waals surface area contributed by atoms with Crippen LogP contribution in [-0.4, -0.2) is 18.0 Å². The lowest BCUT2D eigenvalue weighted by Crippen LogP contribution is -2.06. The first-order valence-electron chi connectivity index (χ1n) is 6.79. The van der Waals surface area contributed by atoms with E-state index in [4.69, 9.17) is 10.7 Å². The van der Waals surface area contributed by atoms with Gasteiger partial charge in [-0.05, 0) is 37.5 Å². The third-order valence-corrected chi connectivity index (χ3v) is 4.74. The number of aryl methyl sites for hydroxylation is 4. The Labute approximate surface area is 130 Å². The highest BCUT2D eigenvalue weighted by atomic mass is 35.7. The summed E-state index contributed by atoms with van der Waals surface area (Å²) in [6.07, 6.45) is 2.16. The largest absolute Gasteiger partial charge is 0.329 e. The summed E-state index contributed by atoms with van der Waals surface area (Å²) in [5.74, 6) is 0.716. The van der Waals surface area contributed by atoms with E-state index in [1.54, 1.807) is 0 Å². The molecule has 0 saturated heterocycles. The predicted octanol–water partition coefficient (Wildman–Crippen LogP) is 3.35. The summed E-state index contributed by atoms with van der Waals surface area (Å²) in [4.78, 5) is 4.12. The first-order chi connectivity index (χ1) is 9.72. The summed E-state index contributed by atoms with van der Waals surface area (Å²) < 4.78 is 24.7. The molecule has 0 bridgehead atoms. The quantitative estimate of drug-likeness (QED) is 0.810. The fourth-order valence-corrected chi connectivity index (χ4v) is 3.28. The van der Waals surface area contributed by atoms with E-state index >= 15 is 0 Å². The van der Waals surface area contributed by atoms with Gasteiger partial charge in [0.25, 0.3) is 9.05 Å². The fourth-order valence-electron chi connectivity index (χ4n) is 2.59. The number of imidazole rings is 1. The number of hydrogen-bond acceptors (Lipinski definition) is 3. The molecule has 0 aliphatic carbocycles. The number of nitrogens with zero attached hydrogens (tertiary/aromatic N) is 2. The fraction of sp³-hybridized carbons (Fsp3) is 0.400. The molecule has 6 heteroatoms. The maximum absolute atomic E-state index is 11.4. The Hall–Kier alpha value is -1.33. The Balaban J connectivity index is 2.47. The van der Waals surface area contributed by atoms with E-state index in [1.807, 2.05) is 11.5 Å². The van der Waals surface area contributed by atoms with Crippen LogP contribution in [-0.2, 0) is 22.0 Å². The molecule has 2 aromatic rings. The second-order valence-corrected chi connectivity index (χ2v) is 7.80. The van der Waals surface area contributed by atoms with Crippen molar-refractivity contribution in [3.63, 3.8) is 0 Å². The summed E-state index contributed by atoms with van der Waals surface area (Å²) in [5.41, 5.74) is 4.79. The molecular formula is C15H19ClN2O2S. The van der Waals surface area contributed by atoms with Crippen LogP contribution in [0.2, 0.25) is 0 Å². The van der Waals surface area contributed by atoms with Crippen LogP contribution in [0.4, 0.5) is 0 Å². The van der Waals surface area contributed by atoms with Gasteiger partial charge in [-0.3, -0.25) is 0 Å². The molecule has 0 amide bonds. The first-order valence-corrected chi connectivity index (χ1v) is 9.10.